The monoisotopic (exact) mass is 355 g/mol. The zero-order valence-corrected chi connectivity index (χ0v) is 16.7. The van der Waals surface area contributed by atoms with E-state index in [4.69, 9.17) is 4.74 Å². The maximum Gasteiger partial charge on any atom is 0.137 e. The molecule has 0 N–H and O–H groups in total. The molecule has 1 aromatic carbocycles. The predicted octanol–water partition coefficient (Wildman–Crippen LogP) is 5.26. The van der Waals surface area contributed by atoms with Crippen molar-refractivity contribution in [2.24, 2.45) is 0 Å². The molecule has 0 saturated carbocycles. The molecule has 2 aromatic rings. The van der Waals surface area contributed by atoms with Gasteiger partial charge in [-0.05, 0) is 18.9 Å². The van der Waals surface area contributed by atoms with Crippen LogP contribution in [0.5, 0.6) is 0 Å². The Morgan fingerprint density at radius 2 is 1.96 bits per heavy atom. The molecule has 0 aliphatic heterocycles. The van der Waals surface area contributed by atoms with Crippen molar-refractivity contribution in [3.05, 3.63) is 60.7 Å². The van der Waals surface area contributed by atoms with Crippen molar-refractivity contribution in [3.8, 4) is 0 Å². The molecule has 26 heavy (non-hydrogen) atoms. The second kappa shape index (κ2) is 9.67. The highest BCUT2D eigenvalue weighted by Gasteiger charge is 2.39. The number of ether oxygens (including phenoxy) is 1. The summed E-state index contributed by atoms with van der Waals surface area (Å²) in [5.74, 6) is 0. The minimum atomic E-state index is -0.167. The predicted molar refractivity (Wildman–Crippen MR) is 107 cm³/mol. The third-order valence-electron chi connectivity index (χ3n) is 5.13. The molecular weight excluding hydrogens is 322 g/mol. The third kappa shape index (κ3) is 5.04. The standard InChI is InChI=1S/C22H33N3O/c1-6-8-9-10-20(25-17-23-16-24-25)21(26-15-7-2)22(4,5)19-13-11-18(3)12-14-19/h7,11-14,16-17,20-21H,2,6,8-10,15H2,1,3-5H3. The van der Waals surface area contributed by atoms with Crippen molar-refractivity contribution < 1.29 is 4.74 Å². The summed E-state index contributed by atoms with van der Waals surface area (Å²) in [6, 6.07) is 8.90. The molecule has 2 rings (SSSR count). The number of hydrogen-bond acceptors (Lipinski definition) is 3. The number of hydrogen-bond donors (Lipinski definition) is 0. The van der Waals surface area contributed by atoms with Gasteiger partial charge in [-0.25, -0.2) is 9.67 Å². The molecule has 1 aromatic heterocycles. The Bertz CT molecular complexity index is 647. The number of aryl methyl sites for hydroxylation is 1. The van der Waals surface area contributed by atoms with E-state index in [-0.39, 0.29) is 17.6 Å². The normalized spacial score (nSPS) is 14.2. The third-order valence-corrected chi connectivity index (χ3v) is 5.13. The summed E-state index contributed by atoms with van der Waals surface area (Å²) in [6.45, 7) is 13.2. The first-order valence-electron chi connectivity index (χ1n) is 9.64. The molecule has 0 spiro atoms. The average Bonchev–Trinajstić information content (AvgIpc) is 3.15. The molecule has 4 heteroatoms. The van der Waals surface area contributed by atoms with Gasteiger partial charge in [0.2, 0.25) is 0 Å². The summed E-state index contributed by atoms with van der Waals surface area (Å²) in [4.78, 5) is 4.18. The van der Waals surface area contributed by atoms with E-state index in [1.54, 1.807) is 6.33 Å². The van der Waals surface area contributed by atoms with E-state index in [1.807, 2.05) is 17.1 Å². The molecule has 0 aliphatic carbocycles. The largest absolute Gasteiger partial charge is 0.371 e. The molecule has 2 unspecified atom stereocenters. The molecule has 1 heterocycles. The van der Waals surface area contributed by atoms with Crippen molar-refractivity contribution >= 4 is 0 Å². The van der Waals surface area contributed by atoms with E-state index in [1.165, 1.54) is 24.0 Å². The van der Waals surface area contributed by atoms with Crippen molar-refractivity contribution in [2.45, 2.75) is 70.9 Å². The number of unbranched alkanes of at least 4 members (excludes halogenated alkanes) is 2. The quantitative estimate of drug-likeness (QED) is 0.408. The van der Waals surface area contributed by atoms with Gasteiger partial charge in [0.05, 0.1) is 18.8 Å². The Morgan fingerprint density at radius 1 is 1.23 bits per heavy atom. The zero-order chi connectivity index (χ0) is 19.0. The van der Waals surface area contributed by atoms with Gasteiger partial charge in [-0.2, -0.15) is 5.10 Å². The van der Waals surface area contributed by atoms with Crippen molar-refractivity contribution in [1.29, 1.82) is 0 Å². The highest BCUT2D eigenvalue weighted by molar-refractivity contribution is 5.29. The van der Waals surface area contributed by atoms with Gasteiger partial charge >= 0.3 is 0 Å². The maximum atomic E-state index is 6.35. The van der Waals surface area contributed by atoms with Crippen LogP contribution in [-0.4, -0.2) is 27.5 Å². The summed E-state index contributed by atoms with van der Waals surface area (Å²) >= 11 is 0. The summed E-state index contributed by atoms with van der Waals surface area (Å²) < 4.78 is 8.32. The summed E-state index contributed by atoms with van der Waals surface area (Å²) in [7, 11) is 0. The van der Waals surface area contributed by atoms with Crippen molar-refractivity contribution in [2.75, 3.05) is 6.61 Å². The van der Waals surface area contributed by atoms with Gasteiger partial charge in [0, 0.05) is 5.41 Å². The smallest absolute Gasteiger partial charge is 0.137 e. The van der Waals surface area contributed by atoms with Gasteiger partial charge < -0.3 is 4.74 Å². The van der Waals surface area contributed by atoms with Gasteiger partial charge in [-0.3, -0.25) is 0 Å². The molecule has 0 saturated heterocycles. The van der Waals surface area contributed by atoms with Crippen LogP contribution in [0.15, 0.2) is 49.6 Å². The molecule has 0 bridgehead atoms. The Kier molecular flexibility index (Phi) is 7.58. The lowest BCUT2D eigenvalue weighted by molar-refractivity contribution is -0.0208. The zero-order valence-electron chi connectivity index (χ0n) is 16.7. The molecular formula is C22H33N3O. The first kappa shape index (κ1) is 20.4. The first-order valence-corrected chi connectivity index (χ1v) is 9.64. The molecule has 2 atom stereocenters. The molecule has 142 valence electrons. The second-order valence-electron chi connectivity index (χ2n) is 7.57. The van der Waals surface area contributed by atoms with Crippen LogP contribution in [0, 0.1) is 6.92 Å². The fourth-order valence-electron chi connectivity index (χ4n) is 3.53. The highest BCUT2D eigenvalue weighted by atomic mass is 16.5. The minimum absolute atomic E-state index is 0.0261. The summed E-state index contributed by atoms with van der Waals surface area (Å²) in [5.41, 5.74) is 2.38. The van der Waals surface area contributed by atoms with E-state index in [0.717, 1.165) is 12.8 Å². The van der Waals surface area contributed by atoms with Crippen LogP contribution in [0.3, 0.4) is 0 Å². The molecule has 0 aliphatic rings. The topological polar surface area (TPSA) is 39.9 Å². The Hall–Kier alpha value is -1.94. The number of benzene rings is 1. The molecule has 0 radical (unpaired) electrons. The van der Waals surface area contributed by atoms with Crippen molar-refractivity contribution in [3.63, 3.8) is 0 Å². The van der Waals surface area contributed by atoms with E-state index in [9.17, 15) is 0 Å². The molecule has 4 nitrogen and oxygen atoms in total. The molecule has 0 amide bonds. The van der Waals surface area contributed by atoms with E-state index in [0.29, 0.717) is 6.61 Å². The SMILES string of the molecule is C=CCOC(C(CCCCC)n1cncn1)C(C)(C)c1ccc(C)cc1. The van der Waals surface area contributed by atoms with Gasteiger partial charge in [0.1, 0.15) is 12.7 Å². The first-order chi connectivity index (χ1) is 12.5. The lowest BCUT2D eigenvalue weighted by Crippen LogP contribution is -2.43. The van der Waals surface area contributed by atoms with E-state index < -0.39 is 0 Å². The van der Waals surface area contributed by atoms with Crippen LogP contribution in [0.4, 0.5) is 0 Å². The van der Waals surface area contributed by atoms with Crippen LogP contribution in [0.1, 0.15) is 63.6 Å². The van der Waals surface area contributed by atoms with Crippen LogP contribution < -0.4 is 0 Å². The van der Waals surface area contributed by atoms with Crippen LogP contribution in [0.2, 0.25) is 0 Å². The number of rotatable bonds is 11. The van der Waals surface area contributed by atoms with Gasteiger partial charge in [0.15, 0.2) is 0 Å². The van der Waals surface area contributed by atoms with E-state index >= 15 is 0 Å². The number of nitrogens with zero attached hydrogens (tertiary/aromatic N) is 3. The minimum Gasteiger partial charge on any atom is -0.371 e. The van der Waals surface area contributed by atoms with Gasteiger partial charge in [-0.1, -0.05) is 75.9 Å². The highest BCUT2D eigenvalue weighted by Crippen LogP contribution is 2.37. The summed E-state index contributed by atoms with van der Waals surface area (Å²) in [5, 5.41) is 4.45. The fourth-order valence-corrected chi connectivity index (χ4v) is 3.53. The van der Waals surface area contributed by atoms with Crippen LogP contribution in [-0.2, 0) is 10.2 Å². The fraction of sp³-hybridized carbons (Fsp3) is 0.545. The van der Waals surface area contributed by atoms with Gasteiger partial charge in [0.25, 0.3) is 0 Å². The average molecular weight is 356 g/mol. The van der Waals surface area contributed by atoms with Gasteiger partial charge in [-0.15, -0.1) is 6.58 Å². The summed E-state index contributed by atoms with van der Waals surface area (Å²) in [6.07, 6.45) is 9.80. The Balaban J connectivity index is 2.37. The lowest BCUT2D eigenvalue weighted by Gasteiger charge is -2.39. The Labute approximate surface area is 158 Å². The van der Waals surface area contributed by atoms with Crippen LogP contribution in [0.25, 0.3) is 0 Å². The van der Waals surface area contributed by atoms with Crippen LogP contribution >= 0.6 is 0 Å². The molecule has 0 fully saturated rings. The lowest BCUT2D eigenvalue weighted by atomic mass is 9.75. The second-order valence-corrected chi connectivity index (χ2v) is 7.57. The van der Waals surface area contributed by atoms with Crippen molar-refractivity contribution in [1.82, 2.24) is 14.8 Å². The van der Waals surface area contributed by atoms with E-state index in [2.05, 4.69) is 68.6 Å². The number of aromatic nitrogens is 3. The maximum absolute atomic E-state index is 6.35. The Morgan fingerprint density at radius 3 is 2.54 bits per heavy atom.